The van der Waals surface area contributed by atoms with Crippen molar-refractivity contribution in [3.05, 3.63) is 29.8 Å². The molecule has 19 heavy (non-hydrogen) atoms. The normalized spacial score (nSPS) is 20.0. The number of rotatable bonds is 4. The fraction of sp³-hybridized carbons (Fsp3) is 0.533. The molecule has 1 fully saturated rings. The molecule has 0 radical (unpaired) electrons. The molecular formula is C15H22N2O2. The number of hydrogen-bond acceptors (Lipinski definition) is 4. The number of likely N-dealkylation sites (tertiary alicyclic amines) is 1. The molecule has 2 rings (SSSR count). The van der Waals surface area contributed by atoms with Crippen molar-refractivity contribution < 1.29 is 9.53 Å². The van der Waals surface area contributed by atoms with Gasteiger partial charge in [0.25, 0.3) is 0 Å². The first kappa shape index (κ1) is 13.9. The van der Waals surface area contributed by atoms with Crippen molar-refractivity contribution in [1.82, 2.24) is 4.90 Å². The van der Waals surface area contributed by atoms with Crippen LogP contribution in [-0.2, 0) is 4.74 Å². The van der Waals surface area contributed by atoms with E-state index in [9.17, 15) is 4.79 Å². The van der Waals surface area contributed by atoms with Crippen LogP contribution in [0, 0.1) is 5.92 Å². The van der Waals surface area contributed by atoms with Crippen LogP contribution in [0.3, 0.4) is 0 Å². The number of carbonyl (C=O) groups is 1. The molecule has 0 aromatic heterocycles. The number of nitrogens with zero attached hydrogens (tertiary/aromatic N) is 1. The van der Waals surface area contributed by atoms with Gasteiger partial charge < -0.3 is 15.0 Å². The van der Waals surface area contributed by atoms with Gasteiger partial charge in [-0.25, -0.2) is 4.79 Å². The smallest absolute Gasteiger partial charge is 0.339 e. The Labute approximate surface area is 114 Å². The van der Waals surface area contributed by atoms with Crippen LogP contribution >= 0.6 is 0 Å². The molecular weight excluding hydrogens is 240 g/mol. The van der Waals surface area contributed by atoms with Gasteiger partial charge in [-0.15, -0.1) is 0 Å². The Hall–Kier alpha value is -1.55. The Kier molecular flexibility index (Phi) is 4.80. The number of anilines is 1. The predicted molar refractivity (Wildman–Crippen MR) is 76.5 cm³/mol. The Morgan fingerprint density at radius 3 is 3.00 bits per heavy atom. The summed E-state index contributed by atoms with van der Waals surface area (Å²) in [6.07, 6.45) is 2.50. The van der Waals surface area contributed by atoms with Crippen LogP contribution in [0.2, 0.25) is 0 Å². The summed E-state index contributed by atoms with van der Waals surface area (Å²) >= 11 is 0. The molecule has 1 aliphatic heterocycles. The zero-order valence-corrected chi connectivity index (χ0v) is 11.7. The van der Waals surface area contributed by atoms with Gasteiger partial charge in [0.05, 0.1) is 12.7 Å². The van der Waals surface area contributed by atoms with Gasteiger partial charge in [0.1, 0.15) is 0 Å². The number of ether oxygens (including phenoxy) is 1. The number of piperidine rings is 1. The number of esters is 1. The first-order chi connectivity index (χ1) is 9.20. The number of methoxy groups -OCH3 is 1. The molecule has 1 saturated heterocycles. The van der Waals surface area contributed by atoms with Gasteiger partial charge in [-0.05, 0) is 44.5 Å². The van der Waals surface area contributed by atoms with Crippen molar-refractivity contribution in [2.24, 2.45) is 5.92 Å². The van der Waals surface area contributed by atoms with Crippen molar-refractivity contribution in [2.45, 2.75) is 12.8 Å². The van der Waals surface area contributed by atoms with E-state index < -0.39 is 0 Å². The van der Waals surface area contributed by atoms with Gasteiger partial charge in [0.15, 0.2) is 0 Å². The number of nitrogens with one attached hydrogen (secondary N) is 1. The predicted octanol–water partition coefficient (Wildman–Crippen LogP) is 2.23. The van der Waals surface area contributed by atoms with Gasteiger partial charge in [-0.1, -0.05) is 12.1 Å². The third-order valence-corrected chi connectivity index (χ3v) is 3.64. The molecule has 4 nitrogen and oxygen atoms in total. The van der Waals surface area contributed by atoms with Crippen LogP contribution in [0.4, 0.5) is 5.69 Å². The van der Waals surface area contributed by atoms with Crippen LogP contribution in [0.25, 0.3) is 0 Å². The minimum absolute atomic E-state index is 0.288. The third kappa shape index (κ3) is 3.70. The number of para-hydroxylation sites is 1. The maximum absolute atomic E-state index is 11.7. The second-order valence-electron chi connectivity index (χ2n) is 5.19. The lowest BCUT2D eigenvalue weighted by Crippen LogP contribution is -2.35. The van der Waals surface area contributed by atoms with Crippen molar-refractivity contribution in [3.8, 4) is 0 Å². The fourth-order valence-electron chi connectivity index (χ4n) is 2.62. The summed E-state index contributed by atoms with van der Waals surface area (Å²) < 4.78 is 4.80. The van der Waals surface area contributed by atoms with Gasteiger partial charge >= 0.3 is 5.97 Å². The zero-order valence-electron chi connectivity index (χ0n) is 11.7. The van der Waals surface area contributed by atoms with Crippen LogP contribution in [0.5, 0.6) is 0 Å². The Balaban J connectivity index is 1.97. The summed E-state index contributed by atoms with van der Waals surface area (Å²) in [6, 6.07) is 7.51. The Bertz CT molecular complexity index is 434. The molecule has 1 heterocycles. The minimum Gasteiger partial charge on any atom is -0.465 e. The largest absolute Gasteiger partial charge is 0.465 e. The molecule has 1 aromatic rings. The molecule has 0 saturated carbocycles. The topological polar surface area (TPSA) is 41.6 Å². The SMILES string of the molecule is COC(=O)c1ccccc1NCC1CCCN(C)C1. The second-order valence-corrected chi connectivity index (χ2v) is 5.19. The zero-order chi connectivity index (χ0) is 13.7. The molecule has 1 aliphatic rings. The highest BCUT2D eigenvalue weighted by Gasteiger charge is 2.18. The molecule has 1 N–H and O–H groups in total. The Morgan fingerprint density at radius 1 is 1.47 bits per heavy atom. The molecule has 0 amide bonds. The first-order valence-electron chi connectivity index (χ1n) is 6.80. The summed E-state index contributed by atoms with van der Waals surface area (Å²) in [5.74, 6) is 0.355. The number of hydrogen-bond donors (Lipinski definition) is 1. The minimum atomic E-state index is -0.288. The van der Waals surface area contributed by atoms with E-state index >= 15 is 0 Å². The first-order valence-corrected chi connectivity index (χ1v) is 6.80. The maximum Gasteiger partial charge on any atom is 0.339 e. The monoisotopic (exact) mass is 262 g/mol. The third-order valence-electron chi connectivity index (χ3n) is 3.64. The van der Waals surface area contributed by atoms with Crippen LogP contribution in [-0.4, -0.2) is 44.7 Å². The summed E-state index contributed by atoms with van der Waals surface area (Å²) in [5, 5.41) is 3.39. The highest BCUT2D eigenvalue weighted by Crippen LogP contribution is 2.19. The second kappa shape index (κ2) is 6.57. The van der Waals surface area contributed by atoms with Crippen LogP contribution in [0.15, 0.2) is 24.3 Å². The lowest BCUT2D eigenvalue weighted by Gasteiger charge is -2.30. The van der Waals surface area contributed by atoms with Crippen molar-refractivity contribution in [3.63, 3.8) is 0 Å². The summed E-state index contributed by atoms with van der Waals surface area (Å²) in [5.41, 5.74) is 1.47. The van der Waals surface area contributed by atoms with E-state index in [1.165, 1.54) is 26.5 Å². The Morgan fingerprint density at radius 2 is 2.26 bits per heavy atom. The molecule has 4 heteroatoms. The molecule has 104 valence electrons. The molecule has 1 aromatic carbocycles. The van der Waals surface area contributed by atoms with Crippen molar-refractivity contribution in [1.29, 1.82) is 0 Å². The standard InChI is InChI=1S/C15H22N2O2/c1-17-9-5-6-12(11-17)10-16-14-8-4-3-7-13(14)15(18)19-2/h3-4,7-8,12,16H,5-6,9-11H2,1-2H3. The van der Waals surface area contributed by atoms with Crippen LogP contribution < -0.4 is 5.32 Å². The average molecular weight is 262 g/mol. The van der Waals surface area contributed by atoms with Gasteiger partial charge in [-0.2, -0.15) is 0 Å². The fourth-order valence-corrected chi connectivity index (χ4v) is 2.62. The van der Waals surface area contributed by atoms with E-state index in [2.05, 4.69) is 17.3 Å². The summed E-state index contributed by atoms with van der Waals surface area (Å²) in [7, 11) is 3.57. The van der Waals surface area contributed by atoms with Gasteiger partial charge in [0, 0.05) is 18.8 Å². The highest BCUT2D eigenvalue weighted by atomic mass is 16.5. The van der Waals surface area contributed by atoms with E-state index in [0.717, 1.165) is 18.8 Å². The molecule has 1 unspecified atom stereocenters. The summed E-state index contributed by atoms with van der Waals surface area (Å²) in [4.78, 5) is 14.0. The van der Waals surface area contributed by atoms with Crippen LogP contribution in [0.1, 0.15) is 23.2 Å². The molecule has 0 bridgehead atoms. The highest BCUT2D eigenvalue weighted by molar-refractivity contribution is 5.95. The van der Waals surface area contributed by atoms with Gasteiger partial charge in [0.2, 0.25) is 0 Å². The van der Waals surface area contributed by atoms with Crippen molar-refractivity contribution in [2.75, 3.05) is 39.1 Å². The quantitative estimate of drug-likeness (QED) is 0.845. The summed E-state index contributed by atoms with van der Waals surface area (Å²) in [6.45, 7) is 3.21. The molecule has 1 atom stereocenters. The van der Waals surface area contributed by atoms with E-state index in [1.807, 2.05) is 18.2 Å². The lowest BCUT2D eigenvalue weighted by molar-refractivity contribution is 0.0602. The average Bonchev–Trinajstić information content (AvgIpc) is 2.45. The maximum atomic E-state index is 11.7. The molecule has 0 aliphatic carbocycles. The van der Waals surface area contributed by atoms with E-state index in [0.29, 0.717) is 11.5 Å². The number of carbonyl (C=O) groups excluding carboxylic acids is 1. The molecule has 0 spiro atoms. The van der Waals surface area contributed by atoms with Gasteiger partial charge in [-0.3, -0.25) is 0 Å². The van der Waals surface area contributed by atoms with E-state index in [1.54, 1.807) is 6.07 Å². The van der Waals surface area contributed by atoms with E-state index in [-0.39, 0.29) is 5.97 Å². The number of benzene rings is 1. The van der Waals surface area contributed by atoms with Crippen molar-refractivity contribution >= 4 is 11.7 Å². The van der Waals surface area contributed by atoms with E-state index in [4.69, 9.17) is 4.74 Å². The lowest BCUT2D eigenvalue weighted by atomic mass is 9.98.